The van der Waals surface area contributed by atoms with Crippen molar-refractivity contribution in [2.75, 3.05) is 70.9 Å². The number of hydrogen-bond donors (Lipinski definition) is 3. The summed E-state index contributed by atoms with van der Waals surface area (Å²) in [6.45, 7) is 9.68. The Morgan fingerprint density at radius 3 is 1.89 bits per heavy atom. The van der Waals surface area contributed by atoms with E-state index in [1.165, 1.54) is 12.8 Å². The molecule has 0 saturated carbocycles. The molecule has 172 valence electrons. The third-order valence-corrected chi connectivity index (χ3v) is 11.1. The van der Waals surface area contributed by atoms with E-state index in [0.29, 0.717) is 39.2 Å². The van der Waals surface area contributed by atoms with Gasteiger partial charge in [0.25, 0.3) is 0 Å². The summed E-state index contributed by atoms with van der Waals surface area (Å²) in [7, 11) is -6.31. The van der Waals surface area contributed by atoms with Gasteiger partial charge in [-0.25, -0.2) is 0 Å². The Kier molecular flexibility index (Phi) is 17.3. The van der Waals surface area contributed by atoms with Gasteiger partial charge in [0.15, 0.2) is 0 Å². The zero-order chi connectivity index (χ0) is 21.3. The summed E-state index contributed by atoms with van der Waals surface area (Å²) in [6, 6.07) is 0. The molecule has 0 aliphatic carbocycles. The maximum atomic E-state index is 10.8. The van der Waals surface area contributed by atoms with Gasteiger partial charge < -0.3 is 0 Å². The summed E-state index contributed by atoms with van der Waals surface area (Å²) in [4.78, 5) is 17.5. The molecule has 10 heteroatoms. The Balaban J connectivity index is 3.86. The van der Waals surface area contributed by atoms with Crippen LogP contribution in [0.15, 0.2) is 0 Å². The van der Waals surface area contributed by atoms with Gasteiger partial charge in [0.05, 0.1) is 0 Å². The predicted molar refractivity (Wildman–Crippen MR) is 115 cm³/mol. The Labute approximate surface area is 170 Å². The molecule has 0 rings (SSSR count). The fourth-order valence-corrected chi connectivity index (χ4v) is 7.07. The molecule has 0 aliphatic heterocycles. The third kappa shape index (κ3) is 16.2. The molecule has 1 unspecified atom stereocenters. The first-order valence-corrected chi connectivity index (χ1v) is 14.8. The van der Waals surface area contributed by atoms with E-state index in [2.05, 4.69) is 25.3 Å². The molecule has 0 aromatic heterocycles. The molecule has 1 atom stereocenters. The number of hydrogen-bond acceptors (Lipinski definition) is 6. The Hall–Kier alpha value is 0.380. The van der Waals surface area contributed by atoms with Crippen LogP contribution in [0.3, 0.4) is 0 Å². The third-order valence-electron chi connectivity index (χ3n) is 5.02. The Morgan fingerprint density at radius 2 is 1.39 bits per heavy atom. The van der Waals surface area contributed by atoms with E-state index in [0.717, 1.165) is 31.5 Å². The Morgan fingerprint density at radius 1 is 0.857 bits per heavy atom. The second-order valence-electron chi connectivity index (χ2n) is 7.15. The summed E-state index contributed by atoms with van der Waals surface area (Å²) in [5.74, 6) is 0. The molecule has 0 aromatic rings. The number of ether oxygens (including phenoxy) is 3. The fourth-order valence-electron chi connectivity index (χ4n) is 3.02. The van der Waals surface area contributed by atoms with E-state index < -0.39 is 21.2 Å². The van der Waals surface area contributed by atoms with Crippen LogP contribution in [0.1, 0.15) is 40.0 Å². The zero-order valence-electron chi connectivity index (χ0n) is 17.8. The first-order valence-electron chi connectivity index (χ1n) is 10.4. The van der Waals surface area contributed by atoms with Crippen molar-refractivity contribution >= 4 is 15.1 Å². The van der Waals surface area contributed by atoms with Crippen LogP contribution < -0.4 is 0 Å². The molecule has 0 heterocycles. The number of aliphatic hydroxyl groups excluding tert-OH is 1. The van der Waals surface area contributed by atoms with Gasteiger partial charge in [0.2, 0.25) is 0 Å². The van der Waals surface area contributed by atoms with Gasteiger partial charge in [0.1, 0.15) is 0 Å². The number of phosphoric acid groups is 1. The first kappa shape index (κ1) is 28.4. The average Bonchev–Trinajstić information content (AvgIpc) is 2.65. The van der Waals surface area contributed by atoms with Crippen molar-refractivity contribution in [1.82, 2.24) is 0 Å². The molecular weight excluding hydrogens is 406 g/mol. The molecule has 0 aromatic carbocycles. The zero-order valence-corrected chi connectivity index (χ0v) is 19.7. The van der Waals surface area contributed by atoms with Crippen LogP contribution in [0.4, 0.5) is 0 Å². The minimum atomic E-state index is -4.54. The maximum absolute atomic E-state index is 10.8. The van der Waals surface area contributed by atoms with E-state index in [9.17, 15) is 9.67 Å². The molecule has 8 nitrogen and oxygen atoms in total. The van der Waals surface area contributed by atoms with Crippen molar-refractivity contribution < 1.29 is 38.2 Å². The second-order valence-corrected chi connectivity index (χ2v) is 13.7. The van der Waals surface area contributed by atoms with Gasteiger partial charge in [-0.05, 0) is 0 Å². The van der Waals surface area contributed by atoms with Gasteiger partial charge in [0, 0.05) is 0 Å². The standard InChI is InChI=1S/C18H42O8P2/c1-4-7-8-9-23-10-11-24-12-13-25-14-15-27(5-2,6-3)17-18(19)16-26-28(20,21)22/h18-19,27H,4-17H2,1-3H3,(H2,20,21,22). The van der Waals surface area contributed by atoms with Crippen LogP contribution in [0.5, 0.6) is 0 Å². The van der Waals surface area contributed by atoms with Crippen LogP contribution in [-0.2, 0) is 23.3 Å². The number of rotatable bonds is 20. The molecule has 0 radical (unpaired) electrons. The number of unbranched alkanes of at least 4 members (excludes halogenated alkanes) is 2. The van der Waals surface area contributed by atoms with Crippen molar-refractivity contribution in [1.29, 1.82) is 0 Å². The van der Waals surface area contributed by atoms with E-state index in [-0.39, 0.29) is 6.61 Å². The Bertz CT molecular complexity index is 401. The van der Waals surface area contributed by atoms with Gasteiger partial charge in [-0.1, -0.05) is 13.3 Å². The van der Waals surface area contributed by atoms with Gasteiger partial charge in [-0.2, -0.15) is 0 Å². The summed E-state index contributed by atoms with van der Waals surface area (Å²) in [5, 5.41) is 10.1. The van der Waals surface area contributed by atoms with E-state index in [1.807, 2.05) is 0 Å². The van der Waals surface area contributed by atoms with Crippen LogP contribution in [-0.4, -0.2) is 91.9 Å². The van der Waals surface area contributed by atoms with E-state index in [4.69, 9.17) is 24.0 Å². The van der Waals surface area contributed by atoms with Crippen LogP contribution in [0.2, 0.25) is 0 Å². The second kappa shape index (κ2) is 17.1. The average molecular weight is 448 g/mol. The van der Waals surface area contributed by atoms with Crippen LogP contribution >= 0.6 is 15.1 Å². The molecular formula is C18H42O8P2. The molecule has 28 heavy (non-hydrogen) atoms. The van der Waals surface area contributed by atoms with Crippen molar-refractivity contribution in [3.05, 3.63) is 0 Å². The quantitative estimate of drug-likeness (QED) is 0.192. The van der Waals surface area contributed by atoms with Crippen LogP contribution in [0, 0.1) is 0 Å². The summed E-state index contributed by atoms with van der Waals surface area (Å²) in [5.41, 5.74) is 0. The van der Waals surface area contributed by atoms with Crippen molar-refractivity contribution in [2.45, 2.75) is 46.1 Å². The van der Waals surface area contributed by atoms with Gasteiger partial charge in [-0.3, -0.25) is 0 Å². The van der Waals surface area contributed by atoms with E-state index in [1.54, 1.807) is 0 Å². The first-order chi connectivity index (χ1) is 13.3. The van der Waals surface area contributed by atoms with Gasteiger partial charge >= 0.3 is 157 Å². The minimum absolute atomic E-state index is 0.339. The number of phosphoric ester groups is 1. The summed E-state index contributed by atoms with van der Waals surface area (Å²) in [6.07, 6.45) is 6.03. The SMILES string of the molecule is CCCCCOCCOCCOCC[PH](CC)(CC)CC(O)COP(=O)(O)O. The number of aliphatic hydroxyl groups is 1. The topological polar surface area (TPSA) is 115 Å². The summed E-state index contributed by atoms with van der Waals surface area (Å²) >= 11 is 0. The molecule has 0 aliphatic rings. The molecule has 0 saturated heterocycles. The molecule has 3 N–H and O–H groups in total. The normalized spacial score (nSPS) is 14.4. The molecule has 0 bridgehead atoms. The van der Waals surface area contributed by atoms with Crippen LogP contribution in [0.25, 0.3) is 0 Å². The van der Waals surface area contributed by atoms with E-state index >= 15 is 0 Å². The predicted octanol–water partition coefficient (Wildman–Crippen LogP) is 2.49. The molecule has 0 amide bonds. The fraction of sp³-hybridized carbons (Fsp3) is 1.00. The van der Waals surface area contributed by atoms with Crippen molar-refractivity contribution in [2.24, 2.45) is 0 Å². The molecule has 0 fully saturated rings. The van der Waals surface area contributed by atoms with Crippen molar-refractivity contribution in [3.8, 4) is 0 Å². The molecule has 0 spiro atoms. The van der Waals surface area contributed by atoms with Crippen molar-refractivity contribution in [3.63, 3.8) is 0 Å². The summed E-state index contributed by atoms with van der Waals surface area (Å²) < 4.78 is 31.8. The van der Waals surface area contributed by atoms with Gasteiger partial charge in [-0.15, -0.1) is 0 Å². The monoisotopic (exact) mass is 448 g/mol.